The number of carbonyl (C=O) groups excluding carboxylic acids is 1. The maximum absolute atomic E-state index is 13.3. The van der Waals surface area contributed by atoms with Crippen LogP contribution in [0.3, 0.4) is 0 Å². The number of hydrogen-bond acceptors (Lipinski definition) is 4. The summed E-state index contributed by atoms with van der Waals surface area (Å²) in [5.74, 6) is 2.14. The van der Waals surface area contributed by atoms with Crippen LogP contribution in [0.5, 0.6) is 17.2 Å². The average molecular weight is 449 g/mol. The fourth-order valence-electron chi connectivity index (χ4n) is 4.78. The monoisotopic (exact) mass is 448 g/mol. The minimum absolute atomic E-state index is 0. The van der Waals surface area contributed by atoms with E-state index in [-0.39, 0.29) is 13.4 Å². The third-order valence-electron chi connectivity index (χ3n) is 6.82. The molecule has 1 fully saturated rings. The summed E-state index contributed by atoms with van der Waals surface area (Å²) in [6.07, 6.45) is 4.55. The molecule has 1 amide bonds. The normalized spacial score (nSPS) is 17.0. The number of likely N-dealkylation sites (tertiary alicyclic amines) is 1. The predicted molar refractivity (Wildman–Crippen MR) is 129 cm³/mol. The average Bonchev–Trinajstić information content (AvgIpc) is 3.36. The van der Waals surface area contributed by atoms with Crippen molar-refractivity contribution in [2.45, 2.75) is 44.8 Å². The molecule has 2 aliphatic rings. The highest BCUT2D eigenvalue weighted by Crippen LogP contribution is 2.45. The molecule has 1 atom stereocenters. The van der Waals surface area contributed by atoms with Crippen molar-refractivity contribution in [3.8, 4) is 22.9 Å². The van der Waals surface area contributed by atoms with E-state index >= 15 is 0 Å². The van der Waals surface area contributed by atoms with Crippen molar-refractivity contribution in [2.75, 3.05) is 20.2 Å². The van der Waals surface area contributed by atoms with E-state index in [0.717, 1.165) is 36.4 Å². The van der Waals surface area contributed by atoms with Crippen molar-refractivity contribution < 1.29 is 20.4 Å². The summed E-state index contributed by atoms with van der Waals surface area (Å²) in [4.78, 5) is 15.2. The number of methoxy groups -OCH3 is 1. The molecule has 0 radical (unpaired) electrons. The van der Waals surface area contributed by atoms with Gasteiger partial charge >= 0.3 is 0 Å². The quantitative estimate of drug-likeness (QED) is 0.522. The highest BCUT2D eigenvalue weighted by atomic mass is 16.5. The van der Waals surface area contributed by atoms with Crippen LogP contribution in [-0.2, 0) is 5.60 Å². The molecule has 2 aromatic carbocycles. The molecule has 3 aromatic rings. The van der Waals surface area contributed by atoms with Crippen LogP contribution in [-0.4, -0.2) is 41.7 Å². The highest BCUT2D eigenvalue weighted by molar-refractivity contribution is 5.95. The van der Waals surface area contributed by atoms with Crippen LogP contribution in [0.4, 0.5) is 0 Å². The van der Waals surface area contributed by atoms with Gasteiger partial charge in [0.05, 0.1) is 24.6 Å². The number of aromatic nitrogens is 1. The van der Waals surface area contributed by atoms with Gasteiger partial charge in [0, 0.05) is 39.1 Å². The first kappa shape index (κ1) is 21.4. The molecule has 0 unspecified atom stereocenters. The molecule has 3 heterocycles. The Kier molecular flexibility index (Phi) is 5.52. The van der Waals surface area contributed by atoms with Gasteiger partial charge in [-0.15, -0.1) is 0 Å². The van der Waals surface area contributed by atoms with Crippen LogP contribution >= 0.6 is 0 Å². The van der Waals surface area contributed by atoms with Crippen molar-refractivity contribution in [3.63, 3.8) is 0 Å². The first-order chi connectivity index (χ1) is 16.0. The minimum atomic E-state index is -0.416. The Hall–Kier alpha value is -3.41. The van der Waals surface area contributed by atoms with E-state index in [1.807, 2.05) is 42.2 Å². The van der Waals surface area contributed by atoms with Gasteiger partial charge in [0.25, 0.3) is 5.91 Å². The largest absolute Gasteiger partial charge is 0.493 e. The lowest BCUT2D eigenvalue weighted by atomic mass is 9.86. The van der Waals surface area contributed by atoms with Gasteiger partial charge in [-0.05, 0) is 55.8 Å². The molecular weight excluding hydrogens is 416 g/mol. The van der Waals surface area contributed by atoms with Crippen LogP contribution in [0.2, 0.25) is 0 Å². The van der Waals surface area contributed by atoms with Crippen LogP contribution in [0, 0.1) is 0 Å². The van der Waals surface area contributed by atoms with Crippen molar-refractivity contribution in [1.82, 2.24) is 9.47 Å². The van der Waals surface area contributed by atoms with Crippen molar-refractivity contribution in [2.24, 2.45) is 0 Å². The van der Waals surface area contributed by atoms with Gasteiger partial charge in [0.2, 0.25) is 0 Å². The van der Waals surface area contributed by atoms with Gasteiger partial charge in [-0.1, -0.05) is 19.1 Å². The fraction of sp³-hybridized carbons (Fsp3) is 0.370. The van der Waals surface area contributed by atoms with E-state index in [1.165, 1.54) is 0 Å². The smallest absolute Gasteiger partial charge is 0.253 e. The van der Waals surface area contributed by atoms with E-state index < -0.39 is 5.60 Å². The van der Waals surface area contributed by atoms with Crippen LogP contribution in [0.25, 0.3) is 5.69 Å². The number of hydrogen-bond donors (Lipinski definition) is 0. The second-order valence-corrected chi connectivity index (χ2v) is 8.82. The number of carbonyl (C=O) groups is 1. The fourth-order valence-corrected chi connectivity index (χ4v) is 4.78. The maximum atomic E-state index is 13.3. The lowest BCUT2D eigenvalue weighted by Crippen LogP contribution is -2.50. The molecule has 6 nitrogen and oxygen atoms in total. The third kappa shape index (κ3) is 3.73. The maximum Gasteiger partial charge on any atom is 0.253 e. The molecule has 6 heteroatoms. The molecule has 0 saturated carbocycles. The van der Waals surface area contributed by atoms with Crippen molar-refractivity contribution in [3.05, 3.63) is 72.1 Å². The van der Waals surface area contributed by atoms with Crippen LogP contribution in [0.15, 0.2) is 60.8 Å². The molecule has 174 valence electrons. The molecule has 1 aromatic heterocycles. The number of rotatable bonds is 5. The number of ether oxygens (including phenoxy) is 3. The SMILES string of the molecule is CC[C@@H](C)Oc1ccc(C(=O)N2CCC3(CC2)Oc2ccccc2-n2cccc23)cc1OC.[HH]. The zero-order chi connectivity index (χ0) is 23.0. The van der Waals surface area contributed by atoms with Gasteiger partial charge < -0.3 is 23.7 Å². The molecule has 33 heavy (non-hydrogen) atoms. The van der Waals surface area contributed by atoms with Crippen LogP contribution in [0.1, 0.15) is 50.6 Å². The van der Waals surface area contributed by atoms with Gasteiger partial charge in [0.15, 0.2) is 17.1 Å². The Morgan fingerprint density at radius 3 is 2.67 bits per heavy atom. The Balaban J connectivity index is 0.00000274. The summed E-state index contributed by atoms with van der Waals surface area (Å²) >= 11 is 0. The molecule has 1 saturated heterocycles. The topological polar surface area (TPSA) is 52.9 Å². The molecule has 1 spiro atoms. The number of benzene rings is 2. The molecule has 5 rings (SSSR count). The van der Waals surface area contributed by atoms with Gasteiger partial charge in [-0.2, -0.15) is 0 Å². The third-order valence-corrected chi connectivity index (χ3v) is 6.82. The standard InChI is InChI=1S/C27H30N2O4.H2/c1-4-19(2)32-23-12-11-20(18-24(23)31-3)26(30)28-16-13-27(14-17-28)25-10-7-15-29(25)21-8-5-6-9-22(21)33-27;/h5-12,15,18-19H,4,13-14,16-17H2,1-3H3;1H/t19-;/m1./s1. The number of para-hydroxylation sites is 2. The molecular formula is C27H32N2O4. The summed E-state index contributed by atoms with van der Waals surface area (Å²) in [6.45, 7) is 5.34. The second kappa shape index (κ2) is 8.50. The lowest BCUT2D eigenvalue weighted by molar-refractivity contribution is -0.00931. The van der Waals surface area contributed by atoms with Crippen molar-refractivity contribution in [1.29, 1.82) is 0 Å². The summed E-state index contributed by atoms with van der Waals surface area (Å²) in [5.41, 5.74) is 2.41. The summed E-state index contributed by atoms with van der Waals surface area (Å²) in [7, 11) is 1.60. The summed E-state index contributed by atoms with van der Waals surface area (Å²) in [5, 5.41) is 0. The highest BCUT2D eigenvalue weighted by Gasteiger charge is 2.44. The van der Waals surface area contributed by atoms with E-state index in [0.29, 0.717) is 30.2 Å². The number of nitrogens with zero attached hydrogens (tertiary/aromatic N) is 2. The number of piperidine rings is 1. The second-order valence-electron chi connectivity index (χ2n) is 8.82. The zero-order valence-electron chi connectivity index (χ0n) is 19.4. The van der Waals surface area contributed by atoms with E-state index in [9.17, 15) is 4.79 Å². The molecule has 0 bridgehead atoms. The first-order valence-electron chi connectivity index (χ1n) is 11.6. The number of amides is 1. The van der Waals surface area contributed by atoms with E-state index in [1.54, 1.807) is 13.2 Å². The number of fused-ring (bicyclic) bond motifs is 4. The predicted octanol–water partition coefficient (Wildman–Crippen LogP) is 5.43. The lowest BCUT2D eigenvalue weighted by Gasteiger charge is -2.45. The zero-order valence-corrected chi connectivity index (χ0v) is 19.4. The van der Waals surface area contributed by atoms with Crippen molar-refractivity contribution >= 4 is 5.91 Å². The minimum Gasteiger partial charge on any atom is -0.493 e. The van der Waals surface area contributed by atoms with Gasteiger partial charge in [-0.25, -0.2) is 0 Å². The van der Waals surface area contributed by atoms with Gasteiger partial charge in [-0.3, -0.25) is 4.79 Å². The molecule has 2 aliphatic heterocycles. The molecule has 0 N–H and O–H groups in total. The Morgan fingerprint density at radius 2 is 1.91 bits per heavy atom. The summed E-state index contributed by atoms with van der Waals surface area (Å²) in [6, 6.07) is 17.8. The van der Waals surface area contributed by atoms with E-state index in [2.05, 4.69) is 35.9 Å². The Labute approximate surface area is 196 Å². The Morgan fingerprint density at radius 1 is 1.12 bits per heavy atom. The van der Waals surface area contributed by atoms with Gasteiger partial charge in [0.1, 0.15) is 5.75 Å². The summed E-state index contributed by atoms with van der Waals surface area (Å²) < 4.78 is 20.2. The molecule has 0 aliphatic carbocycles. The first-order valence-corrected chi connectivity index (χ1v) is 11.6. The Bertz CT molecular complexity index is 1170. The van der Waals surface area contributed by atoms with Crippen LogP contribution < -0.4 is 14.2 Å². The van der Waals surface area contributed by atoms with E-state index in [4.69, 9.17) is 14.2 Å².